The Labute approximate surface area is 416 Å². The minimum atomic E-state index is -4.57. The van der Waals surface area contributed by atoms with E-state index in [0.29, 0.717) is 54.1 Å². The van der Waals surface area contributed by atoms with Crippen molar-refractivity contribution >= 4 is 61.8 Å². The van der Waals surface area contributed by atoms with Gasteiger partial charge in [-0.3, -0.25) is 22.9 Å². The van der Waals surface area contributed by atoms with Crippen LogP contribution in [0.4, 0.5) is 42.1 Å². The SMILES string of the molecule is CN1CCN(c2cnc(Nc3ncc4cc(C#N)c(=O)n(C5CCCC5)c4n3)cc2C(F)(F)F)CC1.CS(=O)c1ncc2cc(C#N)c(=O)n(C3CCCC3)c2n1.Cc1cc(N)ncc1N1CCN(C)CC1. The van der Waals surface area contributed by atoms with Crippen LogP contribution in [0.25, 0.3) is 22.1 Å². The molecule has 6 aromatic heterocycles. The normalized spacial score (nSPS) is 17.5. The van der Waals surface area contributed by atoms with Crippen LogP contribution in [0.5, 0.6) is 0 Å². The summed E-state index contributed by atoms with van der Waals surface area (Å²) in [5.41, 5.74) is 7.52. The average Bonchev–Trinajstić information content (AvgIpc) is 4.11. The van der Waals surface area contributed by atoms with Gasteiger partial charge in [0.25, 0.3) is 11.1 Å². The van der Waals surface area contributed by atoms with Gasteiger partial charge in [0.15, 0.2) is 0 Å². The highest BCUT2D eigenvalue weighted by molar-refractivity contribution is 7.84. The summed E-state index contributed by atoms with van der Waals surface area (Å²) in [7, 11) is 2.78. The van der Waals surface area contributed by atoms with Crippen molar-refractivity contribution in [3.05, 3.63) is 92.0 Å². The third kappa shape index (κ3) is 11.5. The second kappa shape index (κ2) is 22.1. The largest absolute Gasteiger partial charge is 0.418 e. The minimum absolute atomic E-state index is 0.00897. The number of aromatic nitrogens is 8. The van der Waals surface area contributed by atoms with Crippen LogP contribution in [0.15, 0.2) is 63.8 Å². The van der Waals surface area contributed by atoms with Crippen molar-refractivity contribution in [1.82, 2.24) is 48.8 Å². The number of anilines is 5. The number of likely N-dealkylation sites (N-methyl/N-ethyl adjacent to an activating group) is 2. The highest BCUT2D eigenvalue weighted by Gasteiger charge is 2.36. The van der Waals surface area contributed by atoms with Crippen molar-refractivity contribution < 1.29 is 17.4 Å². The molecule has 10 rings (SSSR count). The Morgan fingerprint density at radius 2 is 1.17 bits per heavy atom. The Hall–Kier alpha value is -7.08. The van der Waals surface area contributed by atoms with E-state index in [1.165, 1.54) is 52.8 Å². The number of rotatable bonds is 7. The average molecular weight is 1010 g/mol. The first-order valence-electron chi connectivity index (χ1n) is 23.9. The van der Waals surface area contributed by atoms with Crippen LogP contribution >= 0.6 is 0 Å². The fourth-order valence-corrected chi connectivity index (χ4v) is 10.1. The van der Waals surface area contributed by atoms with E-state index in [1.54, 1.807) is 9.47 Å². The number of piperazine rings is 2. The molecule has 0 amide bonds. The molecular formula is C49H57F3N16O3S. The van der Waals surface area contributed by atoms with Crippen molar-refractivity contribution in [2.75, 3.05) is 93.6 Å². The smallest absolute Gasteiger partial charge is 0.384 e. The Balaban J connectivity index is 0.000000162. The summed E-state index contributed by atoms with van der Waals surface area (Å²) in [6, 6.07) is 9.69. The summed E-state index contributed by atoms with van der Waals surface area (Å²) in [5.74, 6) is 0.569. The molecule has 2 aliphatic heterocycles. The quantitative estimate of drug-likeness (QED) is 0.176. The predicted octanol–water partition coefficient (Wildman–Crippen LogP) is 5.93. The lowest BCUT2D eigenvalue weighted by Gasteiger charge is -2.35. The van der Waals surface area contributed by atoms with Gasteiger partial charge in [-0.05, 0) is 76.5 Å². The second-order valence-electron chi connectivity index (χ2n) is 18.6. The van der Waals surface area contributed by atoms with Crippen LogP contribution in [-0.4, -0.2) is 126 Å². The zero-order valence-corrected chi connectivity index (χ0v) is 41.5. The number of nitrogens with zero attached hydrogens (tertiary/aromatic N) is 14. The summed E-state index contributed by atoms with van der Waals surface area (Å²) in [5, 5.41) is 22.7. The molecular weight excluding hydrogens is 950 g/mol. The summed E-state index contributed by atoms with van der Waals surface area (Å²) in [6.07, 6.45) is 10.5. The van der Waals surface area contributed by atoms with Crippen LogP contribution in [0.2, 0.25) is 0 Å². The van der Waals surface area contributed by atoms with Gasteiger partial charge < -0.3 is 30.7 Å². The number of aryl methyl sites for hydroxylation is 1. The molecule has 1 unspecified atom stereocenters. The van der Waals surface area contributed by atoms with E-state index in [9.17, 15) is 32.2 Å². The third-order valence-corrected chi connectivity index (χ3v) is 14.3. The van der Waals surface area contributed by atoms with Crippen molar-refractivity contribution in [1.29, 1.82) is 10.5 Å². The molecule has 4 fully saturated rings. The first kappa shape index (κ1) is 51.3. The monoisotopic (exact) mass is 1010 g/mol. The molecule has 2 aliphatic carbocycles. The molecule has 72 heavy (non-hydrogen) atoms. The summed E-state index contributed by atoms with van der Waals surface area (Å²) < 4.78 is 56.6. The zero-order chi connectivity index (χ0) is 51.3. The third-order valence-electron chi connectivity index (χ3n) is 13.6. The van der Waals surface area contributed by atoms with Gasteiger partial charge in [0.2, 0.25) is 11.1 Å². The molecule has 2 saturated carbocycles. The fraction of sp³-hybridized carbons (Fsp3) is 0.469. The van der Waals surface area contributed by atoms with Gasteiger partial charge in [0.05, 0.1) is 40.1 Å². The predicted molar refractivity (Wildman–Crippen MR) is 270 cm³/mol. The minimum Gasteiger partial charge on any atom is -0.384 e. The lowest BCUT2D eigenvalue weighted by Crippen LogP contribution is -2.45. The van der Waals surface area contributed by atoms with Gasteiger partial charge in [-0.15, -0.1) is 0 Å². The van der Waals surface area contributed by atoms with Crippen LogP contribution in [0, 0.1) is 29.6 Å². The molecule has 8 heterocycles. The lowest BCUT2D eigenvalue weighted by molar-refractivity contribution is -0.137. The number of alkyl halides is 3. The van der Waals surface area contributed by atoms with Crippen LogP contribution < -0.4 is 32.0 Å². The topological polar surface area (TPSA) is 237 Å². The van der Waals surface area contributed by atoms with Crippen molar-refractivity contribution in [3.63, 3.8) is 0 Å². The van der Waals surface area contributed by atoms with Gasteiger partial charge >= 0.3 is 6.18 Å². The molecule has 0 aromatic carbocycles. The van der Waals surface area contributed by atoms with Crippen molar-refractivity contribution in [2.45, 2.75) is 81.7 Å². The molecule has 378 valence electrons. The van der Waals surface area contributed by atoms with Gasteiger partial charge in [0.1, 0.15) is 46.2 Å². The van der Waals surface area contributed by atoms with E-state index in [2.05, 4.69) is 63.9 Å². The number of fused-ring (bicyclic) bond motifs is 2. The number of hydrogen-bond acceptors (Lipinski definition) is 17. The highest BCUT2D eigenvalue weighted by atomic mass is 32.2. The number of nitrogen functional groups attached to an aromatic ring is 1. The van der Waals surface area contributed by atoms with Crippen molar-refractivity contribution in [2.24, 2.45) is 0 Å². The molecule has 6 aromatic rings. The first-order chi connectivity index (χ1) is 34.5. The number of hydrogen-bond donors (Lipinski definition) is 2. The molecule has 19 nitrogen and oxygen atoms in total. The summed E-state index contributed by atoms with van der Waals surface area (Å²) >= 11 is 0. The molecule has 4 aliphatic rings. The van der Waals surface area contributed by atoms with E-state index < -0.39 is 28.1 Å². The second-order valence-corrected chi connectivity index (χ2v) is 19.9. The summed E-state index contributed by atoms with van der Waals surface area (Å²) in [6.45, 7) is 8.75. The molecule has 0 spiro atoms. The van der Waals surface area contributed by atoms with E-state index >= 15 is 0 Å². The maximum Gasteiger partial charge on any atom is 0.418 e. The molecule has 2 saturated heterocycles. The van der Waals surface area contributed by atoms with Gasteiger partial charge in [-0.1, -0.05) is 25.7 Å². The standard InChI is InChI=1S/C24H25F3N8O.C14H14N4O2S.C11H18N4/c1-33-6-8-34(9-7-33)19-14-29-20(11-18(19)24(25,26)27)31-23-30-13-16-10-15(12-28)22(36)35(21(16)32-23)17-4-2-3-5-17;1-21(20)14-16-8-10-6-9(7-15)13(19)18(12(10)17-14)11-4-2-3-5-11;1-9-7-11(12)13-8-10(9)15-5-3-14(2)4-6-15/h10-11,13-14,17H,2-9H2,1H3,(H,29,30,31,32);6,8,11H,2-5H2,1H3;7-8H,3-6H2,1-2H3,(H2,12,13). The van der Waals surface area contributed by atoms with E-state index in [0.717, 1.165) is 83.6 Å². The molecule has 23 heteroatoms. The number of nitrogens with one attached hydrogen (secondary N) is 1. The van der Waals surface area contributed by atoms with Crippen LogP contribution in [-0.2, 0) is 17.0 Å². The van der Waals surface area contributed by atoms with Gasteiger partial charge in [0, 0.05) is 93.9 Å². The summed E-state index contributed by atoms with van der Waals surface area (Å²) in [4.78, 5) is 59.3. The van der Waals surface area contributed by atoms with Gasteiger partial charge in [-0.25, -0.2) is 24.9 Å². The van der Waals surface area contributed by atoms with E-state index in [-0.39, 0.29) is 51.4 Å². The highest BCUT2D eigenvalue weighted by Crippen LogP contribution is 2.38. The molecule has 0 bridgehead atoms. The Kier molecular flexibility index (Phi) is 15.8. The van der Waals surface area contributed by atoms with Crippen LogP contribution in [0.1, 0.15) is 85.7 Å². The Morgan fingerprint density at radius 3 is 1.65 bits per heavy atom. The molecule has 1 atom stereocenters. The Bertz CT molecular complexity index is 3180. The molecule has 0 radical (unpaired) electrons. The molecule has 3 N–H and O–H groups in total. The van der Waals surface area contributed by atoms with Crippen molar-refractivity contribution in [3.8, 4) is 12.1 Å². The number of nitrogens with two attached hydrogens (primary N) is 1. The Morgan fingerprint density at radius 1 is 0.681 bits per heavy atom. The lowest BCUT2D eigenvalue weighted by atomic mass is 10.1. The fourth-order valence-electron chi connectivity index (χ4n) is 9.69. The number of nitriles is 2. The number of halogens is 3. The maximum atomic E-state index is 14.0. The zero-order valence-electron chi connectivity index (χ0n) is 40.7. The van der Waals surface area contributed by atoms with E-state index in [1.807, 2.05) is 31.4 Å². The van der Waals surface area contributed by atoms with Crippen LogP contribution in [0.3, 0.4) is 0 Å². The first-order valence-corrected chi connectivity index (χ1v) is 25.5. The maximum absolute atomic E-state index is 14.0. The van der Waals surface area contributed by atoms with Gasteiger partial charge in [-0.2, -0.15) is 28.7 Å². The number of pyridine rings is 4. The van der Waals surface area contributed by atoms with E-state index in [4.69, 9.17) is 11.0 Å².